The van der Waals surface area contributed by atoms with E-state index in [1.807, 2.05) is 0 Å². The number of anilines is 8. The summed E-state index contributed by atoms with van der Waals surface area (Å²) in [6.07, 6.45) is 5.11. The molecule has 14 heteroatoms. The van der Waals surface area contributed by atoms with Crippen molar-refractivity contribution < 1.29 is 4.39 Å². The summed E-state index contributed by atoms with van der Waals surface area (Å²) in [5, 5.41) is 11.7. The molecule has 0 atom stereocenters. The molecule has 4 aromatic rings. The second kappa shape index (κ2) is 7.29. The first-order valence-corrected chi connectivity index (χ1v) is 8.77. The van der Waals surface area contributed by atoms with Crippen LogP contribution in [0.4, 0.5) is 50.9 Å². The van der Waals surface area contributed by atoms with Crippen LogP contribution >= 0.6 is 11.6 Å². The van der Waals surface area contributed by atoms with Crippen LogP contribution in [0.2, 0.25) is 5.02 Å². The van der Waals surface area contributed by atoms with Crippen molar-refractivity contribution in [2.45, 2.75) is 0 Å². The van der Waals surface area contributed by atoms with Crippen molar-refractivity contribution in [2.24, 2.45) is 0 Å². The average molecular weight is 425 g/mol. The van der Waals surface area contributed by atoms with E-state index in [1.54, 1.807) is 12.1 Å². The first-order valence-electron chi connectivity index (χ1n) is 8.39. The number of halogens is 2. The maximum Gasteiger partial charge on any atom is 0.208 e. The van der Waals surface area contributed by atoms with Crippen LogP contribution in [0.25, 0.3) is 0 Å². The summed E-state index contributed by atoms with van der Waals surface area (Å²) in [4.78, 5) is 32.5. The number of aromatic nitrogens is 8. The first-order chi connectivity index (χ1) is 14.7. The van der Waals surface area contributed by atoms with Crippen molar-refractivity contribution in [1.82, 2.24) is 39.9 Å². The Balaban J connectivity index is 1.66. The van der Waals surface area contributed by atoms with Gasteiger partial charge in [-0.2, -0.15) is 4.39 Å². The highest BCUT2D eigenvalue weighted by Crippen LogP contribution is 2.32. The van der Waals surface area contributed by atoms with Gasteiger partial charge in [-0.25, -0.2) is 39.9 Å². The zero-order valence-corrected chi connectivity index (χ0v) is 15.6. The highest BCUT2D eigenvalue weighted by atomic mass is 35.5. The molecule has 4 N–H and O–H groups in total. The van der Waals surface area contributed by atoms with Crippen LogP contribution in [-0.4, -0.2) is 39.9 Å². The molecule has 0 amide bonds. The quantitative estimate of drug-likeness (QED) is 0.289. The predicted molar refractivity (Wildman–Crippen MR) is 106 cm³/mol. The largest absolute Gasteiger partial charge is 0.325 e. The van der Waals surface area contributed by atoms with Gasteiger partial charge >= 0.3 is 0 Å². The summed E-state index contributed by atoms with van der Waals surface area (Å²) in [6.45, 7) is 0. The summed E-state index contributed by atoms with van der Waals surface area (Å²) >= 11 is 6.39. The number of nitrogens with one attached hydrogen (secondary N) is 4. The molecule has 0 spiro atoms. The van der Waals surface area contributed by atoms with E-state index in [0.717, 1.165) is 0 Å². The topological polar surface area (TPSA) is 151 Å². The summed E-state index contributed by atoms with van der Waals surface area (Å²) in [7, 11) is 0. The normalized spacial score (nSPS) is 12.1. The minimum absolute atomic E-state index is 0.0999. The lowest BCUT2D eigenvalue weighted by Crippen LogP contribution is -2.08. The van der Waals surface area contributed by atoms with E-state index in [0.29, 0.717) is 23.3 Å². The molecule has 4 aromatic heterocycles. The summed E-state index contributed by atoms with van der Waals surface area (Å²) in [6, 6.07) is 3.20. The van der Waals surface area contributed by atoms with Crippen LogP contribution in [0.3, 0.4) is 0 Å². The van der Waals surface area contributed by atoms with Crippen molar-refractivity contribution in [3.05, 3.63) is 48.3 Å². The number of hydrogen-bond donors (Lipinski definition) is 4. The van der Waals surface area contributed by atoms with Gasteiger partial charge in [-0.05, 0) is 0 Å². The van der Waals surface area contributed by atoms with Crippen molar-refractivity contribution in [2.75, 3.05) is 21.3 Å². The maximum atomic E-state index is 14.9. The maximum absolute atomic E-state index is 14.9. The van der Waals surface area contributed by atoms with Crippen molar-refractivity contribution in [1.29, 1.82) is 0 Å². The van der Waals surface area contributed by atoms with Crippen molar-refractivity contribution >= 4 is 58.1 Å². The molecule has 0 unspecified atom stereocenters. The second-order valence-electron chi connectivity index (χ2n) is 5.85. The Bertz CT molecular complexity index is 1160. The Morgan fingerprint density at radius 1 is 0.533 bits per heavy atom. The van der Waals surface area contributed by atoms with E-state index in [9.17, 15) is 4.39 Å². The molecule has 0 aromatic carbocycles. The number of fused-ring (bicyclic) bond motifs is 8. The van der Waals surface area contributed by atoms with Crippen molar-refractivity contribution in [3.63, 3.8) is 0 Å². The fourth-order valence-corrected chi connectivity index (χ4v) is 2.75. The molecule has 0 saturated carbocycles. The third kappa shape index (κ3) is 3.44. The minimum atomic E-state index is -0.754. The Kier molecular flexibility index (Phi) is 4.33. The monoisotopic (exact) mass is 424 g/mol. The van der Waals surface area contributed by atoms with E-state index in [2.05, 4.69) is 61.1 Å². The molecule has 5 rings (SSSR count). The zero-order valence-electron chi connectivity index (χ0n) is 14.8. The molecule has 148 valence electrons. The number of rotatable bonds is 0. The van der Waals surface area contributed by atoms with Crippen LogP contribution in [-0.2, 0) is 0 Å². The van der Waals surface area contributed by atoms with E-state index >= 15 is 0 Å². The van der Waals surface area contributed by atoms with Crippen molar-refractivity contribution in [3.8, 4) is 0 Å². The van der Waals surface area contributed by atoms with Gasteiger partial charge in [0.25, 0.3) is 0 Å². The molecule has 0 fully saturated rings. The van der Waals surface area contributed by atoms with Gasteiger partial charge in [0.2, 0.25) is 5.82 Å². The van der Waals surface area contributed by atoms with Gasteiger partial charge in [0, 0.05) is 12.1 Å². The minimum Gasteiger partial charge on any atom is -0.325 e. The molecule has 5 heterocycles. The lowest BCUT2D eigenvalue weighted by molar-refractivity contribution is 0.623. The van der Waals surface area contributed by atoms with E-state index < -0.39 is 5.82 Å². The molecular formula is C16H10ClFN12. The molecular weight excluding hydrogens is 415 g/mol. The van der Waals surface area contributed by atoms with E-state index in [1.165, 1.54) is 25.3 Å². The second-order valence-corrected chi connectivity index (χ2v) is 6.22. The van der Waals surface area contributed by atoms with Gasteiger partial charge in [-0.3, -0.25) is 0 Å². The van der Waals surface area contributed by atoms with Gasteiger partial charge in [0.1, 0.15) is 53.6 Å². The first kappa shape index (κ1) is 17.8. The van der Waals surface area contributed by atoms with E-state index in [4.69, 9.17) is 11.6 Å². The zero-order chi connectivity index (χ0) is 20.5. The van der Waals surface area contributed by atoms with Crippen LogP contribution < -0.4 is 21.3 Å². The molecule has 0 saturated heterocycles. The van der Waals surface area contributed by atoms with Crippen LogP contribution in [0.1, 0.15) is 0 Å². The number of nitrogens with zero attached hydrogens (tertiary/aromatic N) is 8. The molecule has 30 heavy (non-hydrogen) atoms. The standard InChI is InChI=1S/C16H10ClFN12/c17-11-13-23-5-24-14(11)30-16-12(18)15(25-6-26-16)29-10-2-8(20-4-22-10)27-7-1-9(28-13)21-3-19-7/h1-6H,(H4,19,20,21,22,23,24,25,26,27,28,29,30). The van der Waals surface area contributed by atoms with Gasteiger partial charge in [-0.15, -0.1) is 0 Å². The highest BCUT2D eigenvalue weighted by molar-refractivity contribution is 6.35. The van der Waals surface area contributed by atoms with Gasteiger partial charge in [0.05, 0.1) is 0 Å². The smallest absolute Gasteiger partial charge is 0.208 e. The van der Waals surface area contributed by atoms with Crippen LogP contribution in [0.5, 0.6) is 0 Å². The van der Waals surface area contributed by atoms with Crippen LogP contribution in [0.15, 0.2) is 37.4 Å². The summed E-state index contributed by atoms with van der Waals surface area (Å²) in [5.41, 5.74) is 0. The van der Waals surface area contributed by atoms with Crippen LogP contribution in [0, 0.1) is 5.82 Å². The fourth-order valence-electron chi connectivity index (χ4n) is 2.56. The van der Waals surface area contributed by atoms with Gasteiger partial charge in [0.15, 0.2) is 23.3 Å². The SMILES string of the molecule is Fc1c2ncnc1Nc1ncnc(c1Cl)Nc1cc(ncn1)Nc1cc(ncn1)N2. The predicted octanol–water partition coefficient (Wildman–Crippen LogP) is 2.93. The van der Waals surface area contributed by atoms with Gasteiger partial charge < -0.3 is 21.3 Å². The summed E-state index contributed by atoms with van der Waals surface area (Å²) in [5.74, 6) is 0.981. The fraction of sp³-hybridized carbons (Fsp3) is 0. The third-order valence-corrected chi connectivity index (χ3v) is 4.26. The lowest BCUT2D eigenvalue weighted by atomic mass is 10.4. The Hall–Kier alpha value is -4.26. The average Bonchev–Trinajstić information content (AvgIpc) is 2.74. The molecule has 12 nitrogen and oxygen atoms in total. The lowest BCUT2D eigenvalue weighted by Gasteiger charge is -2.14. The Labute approximate surface area is 172 Å². The number of hydrogen-bond acceptors (Lipinski definition) is 12. The molecule has 8 bridgehead atoms. The summed E-state index contributed by atoms with van der Waals surface area (Å²) < 4.78 is 14.9. The Morgan fingerprint density at radius 2 is 0.933 bits per heavy atom. The third-order valence-electron chi connectivity index (χ3n) is 3.90. The van der Waals surface area contributed by atoms with Gasteiger partial charge in [-0.1, -0.05) is 11.6 Å². The highest BCUT2D eigenvalue weighted by Gasteiger charge is 2.17. The molecule has 1 aliphatic heterocycles. The molecule has 0 aliphatic carbocycles. The molecule has 0 radical (unpaired) electrons. The molecule has 1 aliphatic rings. The van der Waals surface area contributed by atoms with E-state index in [-0.39, 0.29) is 28.3 Å². The Morgan fingerprint density at radius 3 is 1.53 bits per heavy atom.